The van der Waals surface area contributed by atoms with E-state index in [0.29, 0.717) is 17.2 Å². The van der Waals surface area contributed by atoms with Gasteiger partial charge in [-0.3, -0.25) is 9.78 Å². The Kier molecular flexibility index (Phi) is 8.21. The van der Waals surface area contributed by atoms with E-state index in [1.807, 2.05) is 6.07 Å². The minimum absolute atomic E-state index is 0.0273. The van der Waals surface area contributed by atoms with Crippen LogP contribution in [0.5, 0.6) is 5.75 Å². The smallest absolute Gasteiger partial charge is 0.276 e. The van der Waals surface area contributed by atoms with E-state index in [1.165, 1.54) is 20.3 Å². The van der Waals surface area contributed by atoms with Crippen molar-refractivity contribution in [2.24, 2.45) is 11.7 Å². The number of nitrogen functional groups attached to an aromatic ring is 1. The third-order valence-electron chi connectivity index (χ3n) is 8.28. The molecular weight excluding hydrogens is 532 g/mol. The third-order valence-corrected chi connectivity index (χ3v) is 8.28. The van der Waals surface area contributed by atoms with Crippen LogP contribution in [-0.2, 0) is 15.1 Å². The van der Waals surface area contributed by atoms with E-state index < -0.39 is 28.8 Å². The van der Waals surface area contributed by atoms with Crippen molar-refractivity contribution in [2.45, 2.75) is 50.2 Å². The number of carbonyl (C=O) groups is 1. The summed E-state index contributed by atoms with van der Waals surface area (Å²) in [5.41, 5.74) is 12.4. The second-order valence-electron chi connectivity index (χ2n) is 10.8. The molecule has 2 aliphatic rings. The van der Waals surface area contributed by atoms with Crippen LogP contribution in [0.15, 0.2) is 36.7 Å². The third kappa shape index (κ3) is 5.49. The van der Waals surface area contributed by atoms with Gasteiger partial charge in [0.1, 0.15) is 22.9 Å². The van der Waals surface area contributed by atoms with Gasteiger partial charge in [0.25, 0.3) is 5.91 Å². The number of rotatable bonds is 8. The molecule has 1 aliphatic heterocycles. The molecule has 3 atom stereocenters. The summed E-state index contributed by atoms with van der Waals surface area (Å²) < 4.78 is 47.1. The molecule has 3 unspecified atom stereocenters. The van der Waals surface area contributed by atoms with Crippen LogP contribution in [0.4, 0.5) is 20.2 Å². The molecule has 41 heavy (non-hydrogen) atoms. The van der Waals surface area contributed by atoms with E-state index in [2.05, 4.69) is 22.2 Å². The molecule has 11 heteroatoms. The maximum absolute atomic E-state index is 15.6. The Morgan fingerprint density at radius 2 is 1.95 bits per heavy atom. The van der Waals surface area contributed by atoms with Gasteiger partial charge in [-0.2, -0.15) is 0 Å². The lowest BCUT2D eigenvalue weighted by Crippen LogP contribution is -2.48. The Labute approximate surface area is 237 Å². The summed E-state index contributed by atoms with van der Waals surface area (Å²) in [6, 6.07) is 5.69. The zero-order valence-electron chi connectivity index (χ0n) is 23.4. The van der Waals surface area contributed by atoms with Crippen molar-refractivity contribution in [3.8, 4) is 17.0 Å². The first kappa shape index (κ1) is 28.8. The molecule has 1 saturated heterocycles. The second-order valence-corrected chi connectivity index (χ2v) is 10.8. The fourth-order valence-corrected chi connectivity index (χ4v) is 5.90. The van der Waals surface area contributed by atoms with Gasteiger partial charge in [-0.15, -0.1) is 0 Å². The molecule has 1 amide bonds. The number of benzene rings is 1. The lowest BCUT2D eigenvalue weighted by molar-refractivity contribution is -0.202. The fourth-order valence-electron chi connectivity index (χ4n) is 5.90. The molecule has 5 N–H and O–H groups in total. The Morgan fingerprint density at radius 3 is 2.61 bits per heavy atom. The van der Waals surface area contributed by atoms with Crippen LogP contribution in [-0.4, -0.2) is 49.4 Å². The highest BCUT2D eigenvalue weighted by atomic mass is 19.1. The van der Waals surface area contributed by atoms with Gasteiger partial charge >= 0.3 is 0 Å². The van der Waals surface area contributed by atoms with Crippen molar-refractivity contribution in [3.05, 3.63) is 65.1 Å². The number of pyridine rings is 2. The summed E-state index contributed by atoms with van der Waals surface area (Å²) in [6.07, 6.45) is 6.97. The molecule has 1 aliphatic carbocycles. The molecule has 5 rings (SSSR count). The number of halogens is 2. The minimum atomic E-state index is -0.902. The number of nitrogens with one attached hydrogen (secondary N) is 1. The number of ether oxygens (including phenoxy) is 3. The summed E-state index contributed by atoms with van der Waals surface area (Å²) in [4.78, 5) is 21.9. The van der Waals surface area contributed by atoms with Gasteiger partial charge in [-0.25, -0.2) is 13.8 Å². The molecule has 2 fully saturated rings. The second kappa shape index (κ2) is 11.7. The van der Waals surface area contributed by atoms with E-state index in [0.717, 1.165) is 37.3 Å². The van der Waals surface area contributed by atoms with Crippen LogP contribution in [0.1, 0.15) is 60.1 Å². The SMILES string of the molecule is CCC1CC(N)CC(c2ccncc2NC(=O)c2nc(-c3c(F)cc(C4(OC)COC4)cc3OC)c(F)cc2N)C1. The molecule has 3 aromatic rings. The first-order chi connectivity index (χ1) is 19.7. The maximum atomic E-state index is 15.6. The molecule has 0 bridgehead atoms. The summed E-state index contributed by atoms with van der Waals surface area (Å²) in [7, 11) is 2.84. The Morgan fingerprint density at radius 1 is 1.17 bits per heavy atom. The lowest BCUT2D eigenvalue weighted by atomic mass is 9.75. The van der Waals surface area contributed by atoms with Gasteiger partial charge in [0.2, 0.25) is 0 Å². The fraction of sp³-hybridized carbons (Fsp3) is 0.433. The van der Waals surface area contributed by atoms with Crippen LogP contribution in [0.25, 0.3) is 11.3 Å². The van der Waals surface area contributed by atoms with Crippen LogP contribution in [0, 0.1) is 17.6 Å². The number of nitrogens with zero attached hydrogens (tertiary/aromatic N) is 2. The summed E-state index contributed by atoms with van der Waals surface area (Å²) in [5.74, 6) is -1.71. The topological polar surface area (TPSA) is 135 Å². The number of hydrogen-bond donors (Lipinski definition) is 3. The summed E-state index contributed by atoms with van der Waals surface area (Å²) in [5, 5.41) is 2.84. The van der Waals surface area contributed by atoms with E-state index in [1.54, 1.807) is 18.5 Å². The standard InChI is InChI=1S/C30H35F2N5O4/c1-4-16-7-17(9-19(33)8-16)20-5-6-35-13-24(20)36-29(38)28-23(34)12-22(32)27(37-28)26-21(31)10-18(11-25(26)39-2)30(40-3)14-41-15-30/h5-6,10-13,16-17,19H,4,7-9,14-15,33-34H2,1-3H3,(H,36,38). The number of amides is 1. The van der Waals surface area contributed by atoms with Crippen molar-refractivity contribution in [1.29, 1.82) is 0 Å². The number of anilines is 2. The van der Waals surface area contributed by atoms with Crippen molar-refractivity contribution in [2.75, 3.05) is 38.5 Å². The number of nitrogens with two attached hydrogens (primary N) is 2. The first-order valence-electron chi connectivity index (χ1n) is 13.7. The van der Waals surface area contributed by atoms with Crippen molar-refractivity contribution >= 4 is 17.3 Å². The van der Waals surface area contributed by atoms with Crippen molar-refractivity contribution < 1.29 is 27.8 Å². The van der Waals surface area contributed by atoms with Crippen LogP contribution >= 0.6 is 0 Å². The van der Waals surface area contributed by atoms with Crippen LogP contribution < -0.4 is 21.5 Å². The molecule has 1 aromatic carbocycles. The Balaban J connectivity index is 1.49. The number of methoxy groups -OCH3 is 2. The van der Waals surface area contributed by atoms with Gasteiger partial charge in [-0.1, -0.05) is 13.3 Å². The molecule has 0 spiro atoms. The molecule has 1 saturated carbocycles. The number of hydrogen-bond acceptors (Lipinski definition) is 8. The predicted molar refractivity (Wildman–Crippen MR) is 151 cm³/mol. The Hall–Kier alpha value is -3.67. The highest BCUT2D eigenvalue weighted by Gasteiger charge is 2.42. The largest absolute Gasteiger partial charge is 0.496 e. The van der Waals surface area contributed by atoms with E-state index in [4.69, 9.17) is 25.7 Å². The van der Waals surface area contributed by atoms with Crippen LogP contribution in [0.3, 0.4) is 0 Å². The van der Waals surface area contributed by atoms with Gasteiger partial charge < -0.3 is 31.0 Å². The Bertz CT molecular complexity index is 1440. The molecule has 9 nitrogen and oxygen atoms in total. The van der Waals surface area contributed by atoms with Crippen molar-refractivity contribution in [3.63, 3.8) is 0 Å². The average molecular weight is 568 g/mol. The minimum Gasteiger partial charge on any atom is -0.496 e. The predicted octanol–water partition coefficient (Wildman–Crippen LogP) is 4.76. The van der Waals surface area contributed by atoms with Gasteiger partial charge in [0, 0.05) is 25.4 Å². The van der Waals surface area contributed by atoms with Gasteiger partial charge in [0.15, 0.2) is 11.5 Å². The lowest BCUT2D eigenvalue weighted by Gasteiger charge is -2.40. The van der Waals surface area contributed by atoms with Crippen LogP contribution in [0.2, 0.25) is 0 Å². The summed E-state index contributed by atoms with van der Waals surface area (Å²) in [6.45, 7) is 2.64. The molecule has 2 aromatic heterocycles. The average Bonchev–Trinajstić information content (AvgIpc) is 2.93. The first-order valence-corrected chi connectivity index (χ1v) is 13.7. The van der Waals surface area contributed by atoms with E-state index in [9.17, 15) is 4.79 Å². The van der Waals surface area contributed by atoms with E-state index in [-0.39, 0.29) is 47.9 Å². The van der Waals surface area contributed by atoms with Crippen molar-refractivity contribution in [1.82, 2.24) is 9.97 Å². The summed E-state index contributed by atoms with van der Waals surface area (Å²) >= 11 is 0. The quantitative estimate of drug-likeness (QED) is 0.355. The highest BCUT2D eigenvalue weighted by Crippen LogP contribution is 2.42. The molecular formula is C30H35F2N5O4. The molecule has 0 radical (unpaired) electrons. The van der Waals surface area contributed by atoms with E-state index >= 15 is 8.78 Å². The molecule has 3 heterocycles. The van der Waals surface area contributed by atoms with Gasteiger partial charge in [0.05, 0.1) is 43.5 Å². The number of carbonyl (C=O) groups excluding carboxylic acids is 1. The maximum Gasteiger partial charge on any atom is 0.276 e. The zero-order chi connectivity index (χ0) is 29.3. The zero-order valence-corrected chi connectivity index (χ0v) is 23.4. The number of aromatic nitrogens is 2. The highest BCUT2D eigenvalue weighted by molar-refractivity contribution is 6.07. The normalized spacial score (nSPS) is 21.7. The van der Waals surface area contributed by atoms with Gasteiger partial charge in [-0.05, 0) is 60.4 Å². The molecule has 218 valence electrons. The monoisotopic (exact) mass is 567 g/mol.